The molecule has 2 amide bonds. The van der Waals surface area contributed by atoms with E-state index in [-0.39, 0.29) is 11.7 Å². The van der Waals surface area contributed by atoms with Crippen molar-refractivity contribution in [1.29, 1.82) is 0 Å². The molecule has 0 saturated carbocycles. The molecule has 3 N–H and O–H groups in total. The smallest absolute Gasteiger partial charge is 0.427 e. The molecule has 0 radical (unpaired) electrons. The Morgan fingerprint density at radius 2 is 1.78 bits per heavy atom. The zero-order valence-electron chi connectivity index (χ0n) is 9.95. The quantitative estimate of drug-likeness (QED) is 0.642. The van der Waals surface area contributed by atoms with Gasteiger partial charge in [-0.2, -0.15) is 0 Å². The second-order valence-electron chi connectivity index (χ2n) is 4.15. The minimum atomic E-state index is -1.49. The number of nitrogens with zero attached hydrogens (tertiary/aromatic N) is 1. The molecule has 7 nitrogen and oxygen atoms in total. The maximum absolute atomic E-state index is 11.2. The highest BCUT2D eigenvalue weighted by Crippen LogP contribution is 2.29. The molecule has 0 heterocycles. The van der Waals surface area contributed by atoms with E-state index in [1.165, 1.54) is 24.3 Å². The lowest BCUT2D eigenvalue weighted by atomic mass is 9.82. The van der Waals surface area contributed by atoms with Crippen LogP contribution in [0.4, 0.5) is 9.59 Å². The molecule has 18 heavy (non-hydrogen) atoms. The first-order valence-corrected chi connectivity index (χ1v) is 5.25. The minimum absolute atomic E-state index is 0.263. The van der Waals surface area contributed by atoms with Crippen LogP contribution in [-0.4, -0.2) is 38.7 Å². The highest BCUT2D eigenvalue weighted by Gasteiger charge is 2.41. The zero-order valence-corrected chi connectivity index (χ0v) is 9.95. The molecule has 7 heteroatoms. The molecule has 0 unspecified atom stereocenters. The molecule has 98 valence electrons. The number of hydrogen-bond donors (Lipinski definition) is 3. The van der Waals surface area contributed by atoms with Gasteiger partial charge in [-0.15, -0.1) is 0 Å². The lowest BCUT2D eigenvalue weighted by molar-refractivity contribution is -0.110. The first-order valence-electron chi connectivity index (χ1n) is 5.25. The molecule has 0 aliphatic heterocycles. The predicted molar refractivity (Wildman–Crippen MR) is 61.9 cm³/mol. The maximum Gasteiger partial charge on any atom is 0.427 e. The number of carboxylic acid groups (broad SMARTS) is 2. The van der Waals surface area contributed by atoms with Gasteiger partial charge in [-0.25, -0.2) is 20.0 Å². The van der Waals surface area contributed by atoms with Gasteiger partial charge < -0.3 is 10.2 Å². The molecule has 0 bridgehead atoms. The van der Waals surface area contributed by atoms with Gasteiger partial charge in [0.05, 0.1) is 0 Å². The summed E-state index contributed by atoms with van der Waals surface area (Å²) in [6.45, 7) is 3.45. The highest BCUT2D eigenvalue weighted by molar-refractivity contribution is 6.00. The van der Waals surface area contributed by atoms with Crippen molar-refractivity contribution in [3.05, 3.63) is 24.3 Å². The summed E-state index contributed by atoms with van der Waals surface area (Å²) in [5.41, 5.74) is 0.612. The zero-order chi connectivity index (χ0) is 13.9. The van der Waals surface area contributed by atoms with Crippen molar-refractivity contribution in [1.82, 2.24) is 10.4 Å². The van der Waals surface area contributed by atoms with Crippen LogP contribution in [0.2, 0.25) is 0 Å². The van der Waals surface area contributed by atoms with Crippen molar-refractivity contribution in [3.63, 3.8) is 0 Å². The number of rotatable bonds is 2. The lowest BCUT2D eigenvalue weighted by Gasteiger charge is -2.40. The van der Waals surface area contributed by atoms with E-state index in [9.17, 15) is 14.4 Å². The summed E-state index contributed by atoms with van der Waals surface area (Å²) < 4.78 is 0. The number of hydrogen-bond acceptors (Lipinski definition) is 3. The van der Waals surface area contributed by atoms with Crippen molar-refractivity contribution in [2.45, 2.75) is 19.4 Å². The van der Waals surface area contributed by atoms with E-state index in [4.69, 9.17) is 10.2 Å². The van der Waals surface area contributed by atoms with Crippen LogP contribution in [0.3, 0.4) is 0 Å². The summed E-state index contributed by atoms with van der Waals surface area (Å²) in [6.07, 6.45) is 2.26. The second kappa shape index (κ2) is 4.91. The van der Waals surface area contributed by atoms with Crippen molar-refractivity contribution >= 4 is 18.0 Å². The van der Waals surface area contributed by atoms with E-state index in [2.05, 4.69) is 0 Å². The summed E-state index contributed by atoms with van der Waals surface area (Å²) in [5.74, 6) is -0.534. The lowest BCUT2D eigenvalue weighted by Crippen LogP contribution is -2.60. The molecule has 0 saturated heterocycles. The monoisotopic (exact) mass is 254 g/mol. The third-order valence-corrected chi connectivity index (χ3v) is 2.74. The molecular weight excluding hydrogens is 240 g/mol. The van der Waals surface area contributed by atoms with Crippen LogP contribution in [-0.2, 0) is 4.79 Å². The van der Waals surface area contributed by atoms with Crippen LogP contribution in [0, 0.1) is 5.92 Å². The van der Waals surface area contributed by atoms with Gasteiger partial charge in [0, 0.05) is 0 Å². The Morgan fingerprint density at radius 3 is 2.11 bits per heavy atom. The molecular formula is C11H14N2O5. The Labute approximate surface area is 103 Å². The molecule has 0 aromatic carbocycles. The molecule has 1 aliphatic carbocycles. The van der Waals surface area contributed by atoms with Gasteiger partial charge in [0.1, 0.15) is 5.54 Å². The van der Waals surface area contributed by atoms with Gasteiger partial charge in [-0.05, 0) is 30.2 Å². The van der Waals surface area contributed by atoms with E-state index in [0.717, 1.165) is 0 Å². The van der Waals surface area contributed by atoms with E-state index in [0.29, 0.717) is 5.01 Å². The van der Waals surface area contributed by atoms with E-state index in [1.807, 2.05) is 5.43 Å². The number of ketones is 1. The van der Waals surface area contributed by atoms with Gasteiger partial charge in [-0.1, -0.05) is 13.8 Å². The Morgan fingerprint density at radius 1 is 1.28 bits per heavy atom. The fourth-order valence-electron chi connectivity index (χ4n) is 1.74. The largest absolute Gasteiger partial charge is 0.464 e. The van der Waals surface area contributed by atoms with Crippen molar-refractivity contribution < 1.29 is 24.6 Å². The maximum atomic E-state index is 11.2. The molecule has 0 atom stereocenters. The first-order chi connectivity index (χ1) is 8.29. The average Bonchev–Trinajstić information content (AvgIpc) is 2.26. The van der Waals surface area contributed by atoms with Crippen molar-refractivity contribution in [2.24, 2.45) is 5.92 Å². The molecule has 1 aliphatic rings. The summed E-state index contributed by atoms with van der Waals surface area (Å²) in [4.78, 5) is 32.9. The van der Waals surface area contributed by atoms with Crippen LogP contribution < -0.4 is 5.43 Å². The first kappa shape index (κ1) is 13.8. The Bertz CT molecular complexity index is 423. The van der Waals surface area contributed by atoms with Crippen LogP contribution >= 0.6 is 0 Å². The average molecular weight is 254 g/mol. The second-order valence-corrected chi connectivity index (χ2v) is 4.15. The Balaban J connectivity index is 3.21. The van der Waals surface area contributed by atoms with Gasteiger partial charge in [0.15, 0.2) is 5.78 Å². The molecule has 1 rings (SSSR count). The van der Waals surface area contributed by atoms with Crippen LogP contribution in [0.15, 0.2) is 24.3 Å². The highest BCUT2D eigenvalue weighted by atomic mass is 16.4. The normalized spacial score (nSPS) is 16.7. The predicted octanol–water partition coefficient (Wildman–Crippen LogP) is 1.24. The molecule has 0 spiro atoms. The number of carbonyl (C=O) groups is 3. The van der Waals surface area contributed by atoms with E-state index < -0.39 is 17.7 Å². The number of allylic oxidation sites excluding steroid dienone is 2. The van der Waals surface area contributed by atoms with Gasteiger partial charge in [0.25, 0.3) is 0 Å². The number of hydrazine groups is 1. The Kier molecular flexibility index (Phi) is 3.75. The van der Waals surface area contributed by atoms with Crippen LogP contribution in [0.25, 0.3) is 0 Å². The minimum Gasteiger partial charge on any atom is -0.464 e. The number of nitrogens with one attached hydrogen (secondary N) is 1. The fourth-order valence-corrected chi connectivity index (χ4v) is 1.74. The molecule has 0 fully saturated rings. The van der Waals surface area contributed by atoms with Crippen LogP contribution in [0.5, 0.6) is 0 Å². The third-order valence-electron chi connectivity index (χ3n) is 2.74. The van der Waals surface area contributed by atoms with Crippen LogP contribution in [0.1, 0.15) is 13.8 Å². The SMILES string of the molecule is CC(C)C1(N(NC(=O)O)C(=O)O)C=CC(=O)C=C1. The van der Waals surface area contributed by atoms with E-state index in [1.54, 1.807) is 13.8 Å². The van der Waals surface area contributed by atoms with Gasteiger partial charge in [0.2, 0.25) is 0 Å². The summed E-state index contributed by atoms with van der Waals surface area (Å²) >= 11 is 0. The van der Waals surface area contributed by atoms with Gasteiger partial charge >= 0.3 is 12.2 Å². The van der Waals surface area contributed by atoms with Crippen molar-refractivity contribution in [2.75, 3.05) is 0 Å². The number of amides is 2. The fraction of sp³-hybridized carbons (Fsp3) is 0.364. The van der Waals surface area contributed by atoms with Crippen molar-refractivity contribution in [3.8, 4) is 0 Å². The summed E-state index contributed by atoms with van der Waals surface area (Å²) in [7, 11) is 0. The summed E-state index contributed by atoms with van der Waals surface area (Å²) in [5, 5.41) is 18.4. The summed E-state index contributed by atoms with van der Waals surface area (Å²) in [6, 6.07) is 0. The Hall–Kier alpha value is -2.31. The van der Waals surface area contributed by atoms with E-state index >= 15 is 0 Å². The van der Waals surface area contributed by atoms with Gasteiger partial charge in [-0.3, -0.25) is 4.79 Å². The number of carbonyl (C=O) groups excluding carboxylic acids is 1. The third kappa shape index (κ3) is 2.50. The molecule has 0 aromatic heterocycles. The molecule has 0 aromatic rings. The standard InChI is InChI=1S/C11H14N2O5/c1-7(2)11(5-3-8(14)4-6-11)13(10(17)18)12-9(15)16/h3-7,12H,1-2H3,(H,15,16)(H,17,18). The topological polar surface area (TPSA) is 107 Å².